The van der Waals surface area contributed by atoms with E-state index in [1.165, 1.54) is 16.6 Å². The van der Waals surface area contributed by atoms with Gasteiger partial charge >= 0.3 is 5.69 Å². The van der Waals surface area contributed by atoms with Gasteiger partial charge in [-0.2, -0.15) is 0 Å². The molecule has 0 bridgehead atoms. The Kier molecular flexibility index (Phi) is 8.86. The van der Waals surface area contributed by atoms with Gasteiger partial charge in [-0.1, -0.05) is 31.2 Å². The number of aromatic amines is 2. The average molecular weight is 494 g/mol. The van der Waals surface area contributed by atoms with E-state index < -0.39 is 11.2 Å². The number of hydrogen-bond donors (Lipinski definition) is 3. The molecule has 178 valence electrons. The number of rotatable bonds is 12. The summed E-state index contributed by atoms with van der Waals surface area (Å²) in [4.78, 5) is 47.0. The van der Waals surface area contributed by atoms with Crippen molar-refractivity contribution < 1.29 is 9.53 Å². The first-order valence-corrected chi connectivity index (χ1v) is 12.3. The fourth-order valence-electron chi connectivity index (χ4n) is 3.12. The largest absolute Gasteiger partial charge is 0.383 e. The van der Waals surface area contributed by atoms with Crippen LogP contribution < -0.4 is 21.9 Å². The SMILES string of the molecule is CCCCn1c(N)c(N(CCOC)C(=O)CSc2n[nH]c(Cc3cccs3)n2)c(=O)[nH]c1=O. The van der Waals surface area contributed by atoms with Crippen molar-refractivity contribution in [1.82, 2.24) is 24.7 Å². The van der Waals surface area contributed by atoms with E-state index in [-0.39, 0.29) is 36.3 Å². The minimum Gasteiger partial charge on any atom is -0.383 e. The molecule has 0 spiro atoms. The number of methoxy groups -OCH3 is 1. The number of nitrogen functional groups attached to an aromatic ring is 1. The molecular formula is C20H27N7O4S2. The van der Waals surface area contributed by atoms with Crippen molar-refractivity contribution in [2.75, 3.05) is 36.6 Å². The van der Waals surface area contributed by atoms with E-state index in [2.05, 4.69) is 20.2 Å². The number of nitrogens with one attached hydrogen (secondary N) is 2. The van der Waals surface area contributed by atoms with Crippen LogP contribution in [0.1, 0.15) is 30.5 Å². The first-order valence-electron chi connectivity index (χ1n) is 10.4. The summed E-state index contributed by atoms with van der Waals surface area (Å²) in [5, 5.41) is 9.46. The number of hydrogen-bond acceptors (Lipinski definition) is 9. The van der Waals surface area contributed by atoms with Crippen LogP contribution in [-0.4, -0.2) is 56.7 Å². The maximum atomic E-state index is 13.1. The van der Waals surface area contributed by atoms with Gasteiger partial charge in [-0.25, -0.2) is 9.78 Å². The second-order valence-corrected chi connectivity index (χ2v) is 9.12. The molecule has 0 radical (unpaired) electrons. The minimum atomic E-state index is -0.712. The van der Waals surface area contributed by atoms with Crippen LogP contribution in [0.15, 0.2) is 32.3 Å². The summed E-state index contributed by atoms with van der Waals surface area (Å²) in [7, 11) is 1.50. The molecule has 0 atom stereocenters. The summed E-state index contributed by atoms with van der Waals surface area (Å²) in [5.74, 6) is 0.266. The third-order valence-corrected chi connectivity index (χ3v) is 6.51. The molecule has 3 aromatic heterocycles. The summed E-state index contributed by atoms with van der Waals surface area (Å²) >= 11 is 2.78. The number of aromatic nitrogens is 5. The summed E-state index contributed by atoms with van der Waals surface area (Å²) in [6.07, 6.45) is 2.18. The van der Waals surface area contributed by atoms with E-state index in [1.54, 1.807) is 11.3 Å². The van der Waals surface area contributed by atoms with Crippen molar-refractivity contribution in [2.45, 2.75) is 37.9 Å². The molecule has 11 nitrogen and oxygen atoms in total. The fourth-order valence-corrected chi connectivity index (χ4v) is 4.53. The molecule has 0 fully saturated rings. The van der Waals surface area contributed by atoms with Crippen LogP contribution in [0.5, 0.6) is 0 Å². The molecule has 3 rings (SSSR count). The third kappa shape index (κ3) is 6.33. The summed E-state index contributed by atoms with van der Waals surface area (Å²) in [6.45, 7) is 2.62. The normalized spacial score (nSPS) is 11.1. The number of carbonyl (C=O) groups excluding carboxylic acids is 1. The maximum absolute atomic E-state index is 13.1. The van der Waals surface area contributed by atoms with Gasteiger partial charge in [0, 0.05) is 31.5 Å². The molecule has 0 aliphatic carbocycles. The molecule has 0 unspecified atom stereocenters. The lowest BCUT2D eigenvalue weighted by atomic mass is 10.3. The van der Waals surface area contributed by atoms with E-state index in [4.69, 9.17) is 10.5 Å². The molecule has 13 heteroatoms. The number of nitrogens with two attached hydrogens (primary N) is 1. The number of H-pyrrole nitrogens is 2. The van der Waals surface area contributed by atoms with Crippen LogP contribution in [0, 0.1) is 0 Å². The van der Waals surface area contributed by atoms with Gasteiger partial charge in [0.2, 0.25) is 11.1 Å². The second kappa shape index (κ2) is 11.8. The Bertz CT molecular complexity index is 1170. The van der Waals surface area contributed by atoms with Crippen LogP contribution >= 0.6 is 23.1 Å². The van der Waals surface area contributed by atoms with Gasteiger partial charge in [0.25, 0.3) is 5.56 Å². The van der Waals surface area contributed by atoms with Gasteiger partial charge in [-0.15, -0.1) is 16.4 Å². The van der Waals surface area contributed by atoms with E-state index in [0.29, 0.717) is 30.4 Å². The smallest absolute Gasteiger partial charge is 0.330 e. The van der Waals surface area contributed by atoms with E-state index >= 15 is 0 Å². The van der Waals surface area contributed by atoms with Crippen molar-refractivity contribution in [3.63, 3.8) is 0 Å². The molecule has 0 aliphatic heterocycles. The number of nitrogens with zero attached hydrogens (tertiary/aromatic N) is 4. The van der Waals surface area contributed by atoms with Gasteiger partial charge < -0.3 is 15.4 Å². The maximum Gasteiger partial charge on any atom is 0.330 e. The molecule has 0 aromatic carbocycles. The van der Waals surface area contributed by atoms with Crippen molar-refractivity contribution in [3.8, 4) is 0 Å². The number of ether oxygens (including phenoxy) is 1. The molecule has 3 heterocycles. The van der Waals surface area contributed by atoms with Crippen molar-refractivity contribution in [3.05, 3.63) is 49.1 Å². The summed E-state index contributed by atoms with van der Waals surface area (Å²) < 4.78 is 6.39. The zero-order valence-corrected chi connectivity index (χ0v) is 20.1. The highest BCUT2D eigenvalue weighted by molar-refractivity contribution is 7.99. The quantitative estimate of drug-likeness (QED) is 0.321. The Morgan fingerprint density at radius 3 is 2.91 bits per heavy atom. The molecule has 33 heavy (non-hydrogen) atoms. The zero-order valence-electron chi connectivity index (χ0n) is 18.5. The number of carbonyl (C=O) groups is 1. The fraction of sp³-hybridized carbons (Fsp3) is 0.450. The first kappa shape index (κ1) is 24.7. The van der Waals surface area contributed by atoms with Crippen molar-refractivity contribution >= 4 is 40.5 Å². The Labute approximate surface area is 198 Å². The highest BCUT2D eigenvalue weighted by atomic mass is 32.2. The number of amides is 1. The minimum absolute atomic E-state index is 0.0209. The van der Waals surface area contributed by atoms with Gasteiger partial charge in [-0.05, 0) is 17.9 Å². The van der Waals surface area contributed by atoms with Crippen molar-refractivity contribution in [1.29, 1.82) is 0 Å². The predicted molar refractivity (Wildman–Crippen MR) is 129 cm³/mol. The average Bonchev–Trinajstić information content (AvgIpc) is 3.46. The van der Waals surface area contributed by atoms with Gasteiger partial charge in [0.1, 0.15) is 11.6 Å². The van der Waals surface area contributed by atoms with Gasteiger partial charge in [0.05, 0.1) is 12.4 Å². The highest BCUT2D eigenvalue weighted by Crippen LogP contribution is 2.21. The number of anilines is 2. The van der Waals surface area contributed by atoms with Crippen LogP contribution in [0.25, 0.3) is 0 Å². The topological polar surface area (TPSA) is 152 Å². The molecule has 0 saturated carbocycles. The van der Waals surface area contributed by atoms with Gasteiger partial charge in [-0.3, -0.25) is 24.2 Å². The van der Waals surface area contributed by atoms with E-state index in [9.17, 15) is 14.4 Å². The van der Waals surface area contributed by atoms with E-state index in [1.807, 2.05) is 24.4 Å². The molecule has 0 aliphatic rings. The highest BCUT2D eigenvalue weighted by Gasteiger charge is 2.24. The Hall–Kier alpha value is -2.90. The Balaban J connectivity index is 1.77. The number of unbranched alkanes of at least 4 members (excludes halogenated alkanes) is 1. The third-order valence-electron chi connectivity index (χ3n) is 4.80. The standard InChI is InChI=1S/C20H27N7O4S2/c1-3-4-7-27-17(21)16(18(29)23-20(27)30)26(8-9-31-2)15(28)12-33-19-22-14(24-25-19)11-13-6-5-10-32-13/h5-6,10H,3-4,7-9,11-12,21H2,1-2H3,(H,22,24,25)(H,23,29,30). The van der Waals surface area contributed by atoms with Crippen molar-refractivity contribution in [2.24, 2.45) is 0 Å². The summed E-state index contributed by atoms with van der Waals surface area (Å²) in [6, 6.07) is 3.98. The molecular weight excluding hydrogens is 466 g/mol. The van der Waals surface area contributed by atoms with E-state index in [0.717, 1.165) is 23.1 Å². The van der Waals surface area contributed by atoms with Gasteiger partial charge in [0.15, 0.2) is 5.69 Å². The summed E-state index contributed by atoms with van der Waals surface area (Å²) in [5.41, 5.74) is 4.82. The first-order chi connectivity index (χ1) is 15.9. The predicted octanol–water partition coefficient (Wildman–Crippen LogP) is 1.46. The Morgan fingerprint density at radius 1 is 1.39 bits per heavy atom. The lowest BCUT2D eigenvalue weighted by Crippen LogP contribution is -2.43. The Morgan fingerprint density at radius 2 is 2.21 bits per heavy atom. The number of thioether (sulfide) groups is 1. The van der Waals surface area contributed by atoms with Crippen LogP contribution in [0.3, 0.4) is 0 Å². The van der Waals surface area contributed by atoms with Crippen LogP contribution in [-0.2, 0) is 22.5 Å². The number of thiophene rings is 1. The molecule has 1 amide bonds. The molecule has 4 N–H and O–H groups in total. The zero-order chi connectivity index (χ0) is 23.8. The lowest BCUT2D eigenvalue weighted by Gasteiger charge is -2.24. The second-order valence-electron chi connectivity index (χ2n) is 7.15. The molecule has 0 saturated heterocycles. The lowest BCUT2D eigenvalue weighted by molar-refractivity contribution is -0.116. The van der Waals surface area contributed by atoms with Crippen LogP contribution in [0.4, 0.5) is 11.5 Å². The monoisotopic (exact) mass is 493 g/mol. The van der Waals surface area contributed by atoms with Crippen LogP contribution in [0.2, 0.25) is 0 Å². The molecule has 3 aromatic rings.